The van der Waals surface area contributed by atoms with Crippen LogP contribution in [0.15, 0.2) is 48.5 Å². The van der Waals surface area contributed by atoms with Crippen molar-refractivity contribution in [2.75, 3.05) is 37.4 Å². The van der Waals surface area contributed by atoms with Gasteiger partial charge in [0.05, 0.1) is 19.3 Å². The normalized spacial score (nSPS) is 13.6. The Morgan fingerprint density at radius 1 is 0.868 bits per heavy atom. The van der Waals surface area contributed by atoms with Gasteiger partial charge in [-0.05, 0) is 61.2 Å². The van der Waals surface area contributed by atoms with E-state index in [2.05, 4.69) is 56.7 Å². The Morgan fingerprint density at radius 2 is 1.45 bits per heavy atom. The number of aromatic nitrogens is 2. The van der Waals surface area contributed by atoms with Crippen LogP contribution in [-0.2, 0) is 19.6 Å². The molecule has 1 aliphatic rings. The van der Waals surface area contributed by atoms with Crippen molar-refractivity contribution in [2.45, 2.75) is 58.7 Å². The minimum Gasteiger partial charge on any atom is -0.497 e. The van der Waals surface area contributed by atoms with Crippen LogP contribution in [0.3, 0.4) is 0 Å². The molecule has 0 bridgehead atoms. The van der Waals surface area contributed by atoms with Crippen molar-refractivity contribution in [1.29, 1.82) is 5.41 Å². The van der Waals surface area contributed by atoms with Crippen molar-refractivity contribution in [3.05, 3.63) is 70.8 Å². The minimum atomic E-state index is 0.306. The molecule has 0 radical (unpaired) electrons. The van der Waals surface area contributed by atoms with Crippen LogP contribution in [-0.4, -0.2) is 47.9 Å². The minimum absolute atomic E-state index is 0.306. The number of benzene rings is 2. The summed E-state index contributed by atoms with van der Waals surface area (Å²) in [5.41, 5.74) is 4.17. The number of ether oxygens (including phenoxy) is 2. The molecule has 2 aromatic carbocycles. The summed E-state index contributed by atoms with van der Waals surface area (Å²) in [6, 6.07) is 16.9. The Bertz CT molecular complexity index is 1140. The summed E-state index contributed by atoms with van der Waals surface area (Å²) in [6.07, 6.45) is 7.20. The van der Waals surface area contributed by atoms with Crippen LogP contribution in [0.5, 0.6) is 11.8 Å². The molecular weight excluding hydrogens is 476 g/mol. The smallest absolute Gasteiger partial charge is 0.320 e. The lowest BCUT2D eigenvalue weighted by atomic mass is 10.1. The highest BCUT2D eigenvalue weighted by atomic mass is 16.5. The summed E-state index contributed by atoms with van der Waals surface area (Å²) in [6.45, 7) is 7.22. The van der Waals surface area contributed by atoms with Crippen molar-refractivity contribution in [3.63, 3.8) is 0 Å². The SMILES string of the molecule is CCCCOc1nc(NCc2ccc(CN3CCCCC3)cc2)c(C=N)c(NCc2ccc(OC)cc2)n1. The van der Waals surface area contributed by atoms with Gasteiger partial charge in [-0.15, -0.1) is 0 Å². The van der Waals surface area contributed by atoms with Crippen LogP contribution >= 0.6 is 0 Å². The third-order valence-electron chi connectivity index (χ3n) is 6.76. The fraction of sp³-hybridized carbons (Fsp3) is 0.433. The molecule has 2 heterocycles. The highest BCUT2D eigenvalue weighted by molar-refractivity contribution is 5.90. The predicted molar refractivity (Wildman–Crippen MR) is 154 cm³/mol. The Hall–Kier alpha value is -3.65. The van der Waals surface area contributed by atoms with Gasteiger partial charge in [-0.3, -0.25) is 4.90 Å². The van der Waals surface area contributed by atoms with E-state index in [9.17, 15) is 0 Å². The second-order valence-electron chi connectivity index (χ2n) is 9.67. The molecule has 202 valence electrons. The third-order valence-corrected chi connectivity index (χ3v) is 6.76. The van der Waals surface area contributed by atoms with Gasteiger partial charge < -0.3 is 25.5 Å². The first-order valence-corrected chi connectivity index (χ1v) is 13.6. The van der Waals surface area contributed by atoms with Gasteiger partial charge in [0.15, 0.2) is 0 Å². The van der Waals surface area contributed by atoms with Crippen molar-refractivity contribution >= 4 is 17.9 Å². The Balaban J connectivity index is 1.45. The molecule has 3 aromatic rings. The molecular formula is C30H40N6O2. The fourth-order valence-corrected chi connectivity index (χ4v) is 4.48. The van der Waals surface area contributed by atoms with E-state index < -0.39 is 0 Å². The number of anilines is 2. The lowest BCUT2D eigenvalue weighted by molar-refractivity contribution is 0.221. The van der Waals surface area contributed by atoms with E-state index in [-0.39, 0.29) is 0 Å². The first-order chi connectivity index (χ1) is 18.7. The number of piperidine rings is 1. The van der Waals surface area contributed by atoms with Gasteiger partial charge in [0.1, 0.15) is 17.4 Å². The van der Waals surface area contributed by atoms with E-state index in [4.69, 9.17) is 14.9 Å². The average Bonchev–Trinajstić information content (AvgIpc) is 2.96. The van der Waals surface area contributed by atoms with Gasteiger partial charge in [0.2, 0.25) is 0 Å². The number of rotatable bonds is 14. The van der Waals surface area contributed by atoms with Crippen LogP contribution in [0.25, 0.3) is 0 Å². The first-order valence-electron chi connectivity index (χ1n) is 13.6. The zero-order chi connectivity index (χ0) is 26.6. The van der Waals surface area contributed by atoms with E-state index in [0.29, 0.717) is 42.9 Å². The van der Waals surface area contributed by atoms with E-state index in [1.807, 2.05) is 24.3 Å². The molecule has 1 saturated heterocycles. The molecule has 0 unspecified atom stereocenters. The molecule has 38 heavy (non-hydrogen) atoms. The zero-order valence-electron chi connectivity index (χ0n) is 22.6. The largest absolute Gasteiger partial charge is 0.497 e. The highest BCUT2D eigenvalue weighted by Gasteiger charge is 2.15. The number of unbranched alkanes of at least 4 members (excludes halogenated alkanes) is 1. The summed E-state index contributed by atoms with van der Waals surface area (Å²) in [5, 5.41) is 14.9. The van der Waals surface area contributed by atoms with Crippen molar-refractivity contribution < 1.29 is 9.47 Å². The molecule has 3 N–H and O–H groups in total. The van der Waals surface area contributed by atoms with Gasteiger partial charge in [-0.1, -0.05) is 56.2 Å². The summed E-state index contributed by atoms with van der Waals surface area (Å²) < 4.78 is 11.1. The molecule has 1 aliphatic heterocycles. The van der Waals surface area contributed by atoms with Gasteiger partial charge in [0.25, 0.3) is 0 Å². The number of nitrogens with one attached hydrogen (secondary N) is 3. The number of hydrogen-bond acceptors (Lipinski definition) is 8. The van der Waals surface area contributed by atoms with E-state index in [1.165, 1.54) is 44.1 Å². The Kier molecular flexibility index (Phi) is 10.3. The number of nitrogens with zero attached hydrogens (tertiary/aromatic N) is 3. The van der Waals surface area contributed by atoms with Crippen LogP contribution < -0.4 is 20.1 Å². The maximum absolute atomic E-state index is 8.09. The molecule has 0 atom stereocenters. The lowest BCUT2D eigenvalue weighted by Gasteiger charge is -2.26. The van der Waals surface area contributed by atoms with Crippen molar-refractivity contribution in [2.24, 2.45) is 0 Å². The van der Waals surface area contributed by atoms with Crippen LogP contribution in [0, 0.1) is 5.41 Å². The topological polar surface area (TPSA) is 95.4 Å². The summed E-state index contributed by atoms with van der Waals surface area (Å²) in [4.78, 5) is 11.7. The van der Waals surface area contributed by atoms with E-state index >= 15 is 0 Å². The molecule has 1 aromatic heterocycles. The second kappa shape index (κ2) is 14.3. The standard InChI is InChI=1S/C30H40N6O2/c1-3-4-18-38-30-34-28(27(19-31)29(35-30)33-21-24-12-14-26(37-2)15-13-24)32-20-23-8-10-25(11-9-23)22-36-16-6-5-7-17-36/h8-15,19,31H,3-7,16-18,20-22H2,1-2H3,(H2,32,33,34,35). The Labute approximate surface area is 226 Å². The zero-order valence-corrected chi connectivity index (χ0v) is 22.6. The number of hydrogen-bond donors (Lipinski definition) is 3. The third kappa shape index (κ3) is 7.92. The summed E-state index contributed by atoms with van der Waals surface area (Å²) in [7, 11) is 1.66. The van der Waals surface area contributed by atoms with Crippen LogP contribution in [0.4, 0.5) is 11.6 Å². The van der Waals surface area contributed by atoms with Crippen molar-refractivity contribution in [3.8, 4) is 11.8 Å². The van der Waals surface area contributed by atoms with Crippen LogP contribution in [0.2, 0.25) is 0 Å². The molecule has 0 amide bonds. The number of methoxy groups -OCH3 is 1. The molecule has 8 nitrogen and oxygen atoms in total. The quantitative estimate of drug-likeness (QED) is 0.182. The van der Waals surface area contributed by atoms with Gasteiger partial charge in [-0.25, -0.2) is 0 Å². The molecule has 1 fully saturated rings. The maximum atomic E-state index is 8.09. The molecule has 0 saturated carbocycles. The summed E-state index contributed by atoms with van der Waals surface area (Å²) >= 11 is 0. The lowest BCUT2D eigenvalue weighted by Crippen LogP contribution is -2.29. The monoisotopic (exact) mass is 516 g/mol. The summed E-state index contributed by atoms with van der Waals surface area (Å²) in [5.74, 6) is 1.96. The number of likely N-dealkylation sites (tertiary alicyclic amines) is 1. The van der Waals surface area contributed by atoms with Gasteiger partial charge in [0, 0.05) is 25.8 Å². The molecule has 0 spiro atoms. The highest BCUT2D eigenvalue weighted by Crippen LogP contribution is 2.24. The second-order valence-corrected chi connectivity index (χ2v) is 9.67. The molecule has 0 aliphatic carbocycles. The molecule has 8 heteroatoms. The van der Waals surface area contributed by atoms with Gasteiger partial charge in [-0.2, -0.15) is 9.97 Å². The fourth-order valence-electron chi connectivity index (χ4n) is 4.48. The van der Waals surface area contributed by atoms with E-state index in [1.54, 1.807) is 7.11 Å². The predicted octanol–water partition coefficient (Wildman–Crippen LogP) is 5.87. The Morgan fingerprint density at radius 3 is 2.00 bits per heavy atom. The van der Waals surface area contributed by atoms with Gasteiger partial charge >= 0.3 is 6.01 Å². The molecule has 4 rings (SSSR count). The van der Waals surface area contributed by atoms with Crippen molar-refractivity contribution in [1.82, 2.24) is 14.9 Å². The van der Waals surface area contributed by atoms with E-state index in [0.717, 1.165) is 36.3 Å². The average molecular weight is 517 g/mol. The maximum Gasteiger partial charge on any atom is 0.320 e. The van der Waals surface area contributed by atoms with Crippen LogP contribution in [0.1, 0.15) is 61.3 Å². The first kappa shape index (κ1) is 27.4.